The summed E-state index contributed by atoms with van der Waals surface area (Å²) in [6, 6.07) is 14.5. The molecule has 0 aliphatic carbocycles. The largest absolute Gasteiger partial charge is 0.418 e. The van der Waals surface area contributed by atoms with Gasteiger partial charge in [0, 0.05) is 17.1 Å². The first-order valence-electron chi connectivity index (χ1n) is 7.47. The molecule has 0 unspecified atom stereocenters. The van der Waals surface area contributed by atoms with Crippen molar-refractivity contribution in [3.63, 3.8) is 0 Å². The van der Waals surface area contributed by atoms with E-state index < -0.39 is 17.3 Å². The van der Waals surface area contributed by atoms with E-state index in [-0.39, 0.29) is 11.4 Å². The lowest BCUT2D eigenvalue weighted by Gasteiger charge is -2.17. The highest BCUT2D eigenvalue weighted by atomic mass is 19.4. The lowest BCUT2D eigenvalue weighted by atomic mass is 10.0. The highest BCUT2D eigenvalue weighted by Gasteiger charge is 2.36. The molecule has 0 saturated heterocycles. The Morgan fingerprint density at radius 2 is 1.80 bits per heavy atom. The molecular formula is C19H12F3N3. The van der Waals surface area contributed by atoms with Gasteiger partial charge in [0.2, 0.25) is 0 Å². The highest BCUT2D eigenvalue weighted by molar-refractivity contribution is 5.86. The fourth-order valence-electron chi connectivity index (χ4n) is 3.00. The summed E-state index contributed by atoms with van der Waals surface area (Å²) >= 11 is 0. The molecule has 0 fully saturated rings. The molecule has 124 valence electrons. The van der Waals surface area contributed by atoms with Gasteiger partial charge >= 0.3 is 6.18 Å². The zero-order valence-corrected chi connectivity index (χ0v) is 13.2. The molecule has 3 nitrogen and oxygen atoms in total. The molecule has 0 amide bonds. The maximum atomic E-state index is 13.4. The second kappa shape index (κ2) is 5.99. The van der Waals surface area contributed by atoms with Gasteiger partial charge in [-0.15, -0.1) is 0 Å². The lowest BCUT2D eigenvalue weighted by Crippen LogP contribution is -2.10. The average molecular weight is 339 g/mol. The third-order valence-electron chi connectivity index (χ3n) is 4.22. The van der Waals surface area contributed by atoms with E-state index in [2.05, 4.69) is 6.07 Å². The summed E-state index contributed by atoms with van der Waals surface area (Å²) in [6.07, 6.45) is -3.04. The average Bonchev–Trinajstić information content (AvgIpc) is 3.03. The van der Waals surface area contributed by atoms with Crippen LogP contribution < -0.4 is 0 Å². The van der Waals surface area contributed by atoms with Crippen LogP contribution in [0.4, 0.5) is 13.2 Å². The summed E-state index contributed by atoms with van der Waals surface area (Å²) in [4.78, 5) is 0. The van der Waals surface area contributed by atoms with E-state index >= 15 is 0 Å². The van der Waals surface area contributed by atoms with Gasteiger partial charge in [-0.05, 0) is 42.8 Å². The quantitative estimate of drug-likeness (QED) is 0.659. The van der Waals surface area contributed by atoms with Crippen LogP contribution in [0.1, 0.15) is 35.2 Å². The Hall–Kier alpha value is -3.25. The number of hydrogen-bond donors (Lipinski definition) is 0. The third-order valence-corrected chi connectivity index (χ3v) is 4.22. The predicted octanol–water partition coefficient (Wildman–Crippen LogP) is 5.01. The maximum absolute atomic E-state index is 13.4. The van der Waals surface area contributed by atoms with Gasteiger partial charge in [0.05, 0.1) is 34.9 Å². The first-order valence-corrected chi connectivity index (χ1v) is 7.47. The Labute approximate surface area is 142 Å². The van der Waals surface area contributed by atoms with Crippen LogP contribution >= 0.6 is 0 Å². The van der Waals surface area contributed by atoms with Crippen molar-refractivity contribution in [2.24, 2.45) is 0 Å². The molecule has 1 atom stereocenters. The minimum absolute atomic E-state index is 0.00478. The third kappa shape index (κ3) is 2.83. The molecule has 0 N–H and O–H groups in total. The molecule has 25 heavy (non-hydrogen) atoms. The molecule has 0 radical (unpaired) electrons. The molecule has 0 aliphatic rings. The van der Waals surface area contributed by atoms with Crippen LogP contribution in [0.25, 0.3) is 10.9 Å². The number of hydrogen-bond acceptors (Lipinski definition) is 2. The van der Waals surface area contributed by atoms with Crippen LogP contribution in [-0.4, -0.2) is 4.57 Å². The Kier molecular flexibility index (Phi) is 3.98. The number of nitriles is 2. The summed E-state index contributed by atoms with van der Waals surface area (Å²) < 4.78 is 41.9. The second-order valence-electron chi connectivity index (χ2n) is 5.67. The maximum Gasteiger partial charge on any atom is 0.418 e. The molecular weight excluding hydrogens is 327 g/mol. The smallest absolute Gasteiger partial charge is 0.340 e. The zero-order chi connectivity index (χ0) is 18.2. The number of halogens is 3. The van der Waals surface area contributed by atoms with Gasteiger partial charge in [0.1, 0.15) is 0 Å². The molecule has 0 saturated carbocycles. The van der Waals surface area contributed by atoms with Crippen LogP contribution in [0, 0.1) is 22.7 Å². The minimum Gasteiger partial charge on any atom is -0.340 e. The Morgan fingerprint density at radius 1 is 1.04 bits per heavy atom. The van der Waals surface area contributed by atoms with Gasteiger partial charge < -0.3 is 4.57 Å². The first-order chi connectivity index (χ1) is 11.9. The van der Waals surface area contributed by atoms with E-state index in [0.717, 1.165) is 5.56 Å². The van der Waals surface area contributed by atoms with Crippen LogP contribution in [-0.2, 0) is 6.18 Å². The highest BCUT2D eigenvalue weighted by Crippen LogP contribution is 2.38. The van der Waals surface area contributed by atoms with E-state index in [1.54, 1.807) is 35.0 Å². The van der Waals surface area contributed by atoms with Gasteiger partial charge in [-0.3, -0.25) is 0 Å². The van der Waals surface area contributed by atoms with Crippen molar-refractivity contribution in [2.75, 3.05) is 0 Å². The minimum atomic E-state index is -4.61. The van der Waals surface area contributed by atoms with Crippen molar-refractivity contribution in [3.05, 3.63) is 70.9 Å². The Bertz CT molecular complexity index is 1030. The van der Waals surface area contributed by atoms with Gasteiger partial charge in [0.15, 0.2) is 0 Å². The fraction of sp³-hybridized carbons (Fsp3) is 0.158. The number of aromatic nitrogens is 1. The van der Waals surface area contributed by atoms with E-state index in [9.17, 15) is 13.2 Å². The predicted molar refractivity (Wildman–Crippen MR) is 86.6 cm³/mol. The number of nitrogens with zero attached hydrogens (tertiary/aromatic N) is 3. The lowest BCUT2D eigenvalue weighted by molar-refractivity contribution is -0.136. The van der Waals surface area contributed by atoms with E-state index in [1.165, 1.54) is 18.2 Å². The van der Waals surface area contributed by atoms with Crippen molar-refractivity contribution >= 4 is 10.9 Å². The van der Waals surface area contributed by atoms with Crippen LogP contribution in [0.3, 0.4) is 0 Å². The standard InChI is InChI=1S/C19H12F3N3/c1-12(14-4-2-3-13(9-14)10-23)25-8-7-16-17(25)6-5-15(11-24)18(16)19(20,21)22/h2-9,12H,1H3/t12-/m1/s1. The second-order valence-corrected chi connectivity index (χ2v) is 5.67. The van der Waals surface area contributed by atoms with Crippen LogP contribution in [0.5, 0.6) is 0 Å². The fourth-order valence-corrected chi connectivity index (χ4v) is 3.00. The number of rotatable bonds is 2. The molecule has 6 heteroatoms. The molecule has 1 aromatic heterocycles. The Morgan fingerprint density at radius 3 is 2.44 bits per heavy atom. The summed E-state index contributed by atoms with van der Waals surface area (Å²) in [5.74, 6) is 0. The monoisotopic (exact) mass is 339 g/mol. The van der Waals surface area contributed by atoms with E-state index in [1.807, 2.05) is 13.0 Å². The van der Waals surface area contributed by atoms with E-state index in [0.29, 0.717) is 11.1 Å². The van der Waals surface area contributed by atoms with Gasteiger partial charge in [-0.1, -0.05) is 12.1 Å². The molecule has 0 bridgehead atoms. The number of alkyl halides is 3. The van der Waals surface area contributed by atoms with Crippen molar-refractivity contribution in [1.82, 2.24) is 4.57 Å². The van der Waals surface area contributed by atoms with Crippen molar-refractivity contribution in [2.45, 2.75) is 19.1 Å². The zero-order valence-electron chi connectivity index (χ0n) is 13.2. The van der Waals surface area contributed by atoms with Crippen molar-refractivity contribution in [3.8, 4) is 12.1 Å². The SMILES string of the molecule is C[C@H](c1cccc(C#N)c1)n1ccc2c(C(F)(F)F)c(C#N)ccc21. The van der Waals surface area contributed by atoms with E-state index in [4.69, 9.17) is 10.5 Å². The molecule has 0 aliphatic heterocycles. The number of fused-ring (bicyclic) bond motifs is 1. The van der Waals surface area contributed by atoms with Crippen molar-refractivity contribution < 1.29 is 13.2 Å². The van der Waals surface area contributed by atoms with Gasteiger partial charge in [-0.25, -0.2) is 0 Å². The summed E-state index contributed by atoms with van der Waals surface area (Å²) in [6.45, 7) is 1.85. The van der Waals surface area contributed by atoms with Crippen LogP contribution in [0.2, 0.25) is 0 Å². The summed E-state index contributed by atoms with van der Waals surface area (Å²) in [5, 5.41) is 18.0. The molecule has 3 rings (SSSR count). The number of benzene rings is 2. The molecule has 1 heterocycles. The van der Waals surface area contributed by atoms with Gasteiger partial charge in [-0.2, -0.15) is 23.7 Å². The van der Waals surface area contributed by atoms with Gasteiger partial charge in [0.25, 0.3) is 0 Å². The summed E-state index contributed by atoms with van der Waals surface area (Å²) in [7, 11) is 0. The molecule has 2 aromatic carbocycles. The first kappa shape index (κ1) is 16.6. The topological polar surface area (TPSA) is 52.5 Å². The van der Waals surface area contributed by atoms with Crippen molar-refractivity contribution in [1.29, 1.82) is 10.5 Å². The molecule has 3 aromatic rings. The molecule has 0 spiro atoms. The van der Waals surface area contributed by atoms with Crippen LogP contribution in [0.15, 0.2) is 48.7 Å². The summed E-state index contributed by atoms with van der Waals surface area (Å²) in [5.41, 5.74) is 0.389. The Balaban J connectivity index is 2.19. The normalized spacial score (nSPS) is 12.6.